The first-order valence-electron chi connectivity index (χ1n) is 1.30. The van der Waals surface area contributed by atoms with Gasteiger partial charge >= 0.3 is 26.6 Å². The molecular formula is C2H5N3Po. The quantitative estimate of drug-likeness (QED) is 0.654. The predicted octanol–water partition coefficient (Wildman–Crippen LogP) is -1.11. The SMILES string of the molecule is [PoH2].c1c[nH]nn1. The molecule has 6 heavy (non-hydrogen) atoms. The van der Waals surface area contributed by atoms with Crippen molar-refractivity contribution < 1.29 is 0 Å². The molecule has 1 heterocycles. The van der Waals surface area contributed by atoms with E-state index in [1.807, 2.05) is 0 Å². The van der Waals surface area contributed by atoms with Crippen LogP contribution in [0, 0.1) is 0 Å². The van der Waals surface area contributed by atoms with Crippen LogP contribution in [0.1, 0.15) is 0 Å². The maximum atomic E-state index is 3.42. The molecule has 0 aliphatic heterocycles. The topological polar surface area (TPSA) is 41.6 Å². The molecule has 0 radical (unpaired) electrons. The van der Waals surface area contributed by atoms with Crippen LogP contribution in [-0.4, -0.2) is 42.0 Å². The summed E-state index contributed by atoms with van der Waals surface area (Å²) in [5.74, 6) is 0. The van der Waals surface area contributed by atoms with Crippen molar-refractivity contribution in [3.63, 3.8) is 0 Å². The summed E-state index contributed by atoms with van der Waals surface area (Å²) in [6.07, 6.45) is 3.24. The molecule has 0 bridgehead atoms. The average Bonchev–Trinajstić information content (AvgIpc) is 1.76. The number of hydrogen-bond donors (Lipinski definition) is 1. The fourth-order valence-electron chi connectivity index (χ4n) is 0.167. The standard InChI is InChI=1S/C2H3N3.Po.2H/c1-2-4-5-3-1;;;/h1-2H,(H,3,4,5);;;. The minimum atomic E-state index is 0. The molecule has 1 aromatic rings. The van der Waals surface area contributed by atoms with Gasteiger partial charge in [-0.25, -0.2) is 0 Å². The number of aromatic nitrogens is 3. The maximum Gasteiger partial charge on any atom is 0.0690 e. The van der Waals surface area contributed by atoms with Gasteiger partial charge in [-0.1, -0.05) is 5.21 Å². The first-order valence-corrected chi connectivity index (χ1v) is 1.30. The number of aromatic amines is 1. The summed E-state index contributed by atoms with van der Waals surface area (Å²) >= 11 is 0. The number of nitrogens with zero attached hydrogens (tertiary/aromatic N) is 2. The summed E-state index contributed by atoms with van der Waals surface area (Å²) in [6.45, 7) is 0. The van der Waals surface area contributed by atoms with E-state index in [0.717, 1.165) is 0 Å². The molecule has 0 saturated heterocycles. The summed E-state index contributed by atoms with van der Waals surface area (Å²) in [5, 5.41) is 9.26. The Balaban J connectivity index is 0.000000250. The zero-order valence-corrected chi connectivity index (χ0v) is 6.94. The normalized spacial score (nSPS) is 6.67. The number of rotatable bonds is 0. The maximum absolute atomic E-state index is 3.42. The summed E-state index contributed by atoms with van der Waals surface area (Å²) < 4.78 is 0. The van der Waals surface area contributed by atoms with Crippen LogP contribution in [0.2, 0.25) is 0 Å². The van der Waals surface area contributed by atoms with E-state index in [0.29, 0.717) is 0 Å². The third kappa shape index (κ3) is 1.47. The molecule has 0 spiro atoms. The van der Waals surface area contributed by atoms with Gasteiger partial charge in [0, 0.05) is 6.20 Å². The van der Waals surface area contributed by atoms with Gasteiger partial charge in [-0.3, -0.25) is 5.10 Å². The van der Waals surface area contributed by atoms with Crippen LogP contribution in [0.3, 0.4) is 0 Å². The van der Waals surface area contributed by atoms with Crippen molar-refractivity contribution in [1.29, 1.82) is 0 Å². The first kappa shape index (κ1) is 6.04. The molecule has 34 valence electrons. The molecule has 0 saturated carbocycles. The minimum Gasteiger partial charge on any atom is -0.266 e. The van der Waals surface area contributed by atoms with Gasteiger partial charge in [-0.05, 0) is 0 Å². The van der Waals surface area contributed by atoms with E-state index in [-0.39, 0.29) is 26.6 Å². The molecule has 1 rings (SSSR count). The summed E-state index contributed by atoms with van der Waals surface area (Å²) in [6, 6.07) is 0. The Morgan fingerprint density at radius 2 is 2.33 bits per heavy atom. The molecule has 0 aliphatic carbocycles. The van der Waals surface area contributed by atoms with Gasteiger partial charge in [-0.2, -0.15) is 0 Å². The van der Waals surface area contributed by atoms with E-state index in [2.05, 4.69) is 15.4 Å². The monoisotopic (exact) mass is 280 g/mol. The van der Waals surface area contributed by atoms with E-state index in [4.69, 9.17) is 0 Å². The van der Waals surface area contributed by atoms with Crippen LogP contribution in [0.15, 0.2) is 12.4 Å². The molecule has 0 aromatic carbocycles. The fourth-order valence-corrected chi connectivity index (χ4v) is 0.167. The number of nitrogens with one attached hydrogen (secondary N) is 1. The van der Waals surface area contributed by atoms with Crippen molar-refractivity contribution in [2.45, 2.75) is 0 Å². The smallest absolute Gasteiger partial charge is 0.0690 e. The summed E-state index contributed by atoms with van der Waals surface area (Å²) in [5.41, 5.74) is 0. The van der Waals surface area contributed by atoms with E-state index in [9.17, 15) is 0 Å². The Morgan fingerprint density at radius 1 is 1.50 bits per heavy atom. The zero-order valence-electron chi connectivity index (χ0n) is 3.05. The molecule has 0 atom stereocenters. The van der Waals surface area contributed by atoms with Crippen LogP contribution >= 0.6 is 0 Å². The van der Waals surface area contributed by atoms with E-state index in [1.165, 1.54) is 0 Å². The van der Waals surface area contributed by atoms with Crippen molar-refractivity contribution in [3.05, 3.63) is 12.4 Å². The molecule has 3 nitrogen and oxygen atoms in total. The number of H-pyrrole nitrogens is 1. The second-order valence-corrected chi connectivity index (χ2v) is 0.660. The van der Waals surface area contributed by atoms with Crippen molar-refractivity contribution in [3.8, 4) is 0 Å². The van der Waals surface area contributed by atoms with Crippen LogP contribution in [0.4, 0.5) is 0 Å². The van der Waals surface area contributed by atoms with Crippen LogP contribution in [-0.2, 0) is 0 Å². The fraction of sp³-hybridized carbons (Fsp3) is 0. The Kier molecular flexibility index (Phi) is 3.25. The van der Waals surface area contributed by atoms with Gasteiger partial charge < -0.3 is 0 Å². The second kappa shape index (κ2) is 3.23. The van der Waals surface area contributed by atoms with Gasteiger partial charge in [-0.15, -0.1) is 5.10 Å². The van der Waals surface area contributed by atoms with Crippen LogP contribution < -0.4 is 0 Å². The summed E-state index contributed by atoms with van der Waals surface area (Å²) in [7, 11) is 0. The number of hydrogen-bond acceptors (Lipinski definition) is 2. The molecule has 1 aromatic heterocycles. The van der Waals surface area contributed by atoms with Crippen molar-refractivity contribution in [1.82, 2.24) is 15.4 Å². The molecule has 1 N–H and O–H groups in total. The average molecular weight is 280 g/mol. The zero-order chi connectivity index (χ0) is 3.54. The molecule has 0 amide bonds. The van der Waals surface area contributed by atoms with Gasteiger partial charge in [0.2, 0.25) is 0 Å². The van der Waals surface area contributed by atoms with E-state index in [1.54, 1.807) is 12.4 Å². The predicted molar refractivity (Wildman–Crippen MR) is 24.9 cm³/mol. The molecular weight excluding hydrogens is 275 g/mol. The molecule has 0 fully saturated rings. The van der Waals surface area contributed by atoms with Crippen LogP contribution in [0.25, 0.3) is 0 Å². The minimum absolute atomic E-state index is 0. The van der Waals surface area contributed by atoms with Crippen LogP contribution in [0.5, 0.6) is 0 Å². The Morgan fingerprint density at radius 3 is 2.50 bits per heavy atom. The second-order valence-electron chi connectivity index (χ2n) is 0.660. The van der Waals surface area contributed by atoms with Crippen molar-refractivity contribution in [2.24, 2.45) is 0 Å². The first-order chi connectivity index (χ1) is 2.50. The Labute approximate surface area is 54.6 Å². The van der Waals surface area contributed by atoms with Gasteiger partial charge in [0.25, 0.3) is 0 Å². The summed E-state index contributed by atoms with van der Waals surface area (Å²) in [4.78, 5) is 0. The van der Waals surface area contributed by atoms with Gasteiger partial charge in [0.05, 0.1) is 6.20 Å². The third-order valence-corrected chi connectivity index (χ3v) is 0.331. The third-order valence-electron chi connectivity index (χ3n) is 0.331. The molecule has 0 unspecified atom stereocenters. The molecule has 0 aliphatic rings. The van der Waals surface area contributed by atoms with Crippen molar-refractivity contribution in [2.75, 3.05) is 0 Å². The Bertz CT molecular complexity index is 65.3. The van der Waals surface area contributed by atoms with Crippen molar-refractivity contribution >= 4 is 26.6 Å². The Hall–Kier alpha value is 0.0361. The largest absolute Gasteiger partial charge is 0.266 e. The van der Waals surface area contributed by atoms with E-state index >= 15 is 0 Å². The van der Waals surface area contributed by atoms with Gasteiger partial charge in [0.1, 0.15) is 0 Å². The van der Waals surface area contributed by atoms with Gasteiger partial charge in [0.15, 0.2) is 0 Å². The van der Waals surface area contributed by atoms with E-state index < -0.39 is 0 Å². The molecule has 4 heteroatoms.